The molecule has 0 spiro atoms. The van der Waals surface area contributed by atoms with Gasteiger partial charge < -0.3 is 5.32 Å². The van der Waals surface area contributed by atoms with Crippen molar-refractivity contribution in [1.29, 1.82) is 0 Å². The molecule has 7 heteroatoms. The molecule has 0 atom stereocenters. The molecule has 146 valence electrons. The number of para-hydroxylation sites is 1. The number of thiazole rings is 1. The van der Waals surface area contributed by atoms with Gasteiger partial charge in [0.1, 0.15) is 5.82 Å². The first-order chi connectivity index (χ1) is 14.8. The van der Waals surface area contributed by atoms with E-state index in [1.807, 2.05) is 60.7 Å². The Morgan fingerprint density at radius 1 is 0.933 bits per heavy atom. The van der Waals surface area contributed by atoms with E-state index in [1.165, 1.54) is 11.3 Å². The standard InChI is InChI=1S/C23H17N5OS/c29-22-18-8-4-5-9-19(18)27-21(15-25-17-10-12-24-13-11-17)28(22)23-26-14-20(30-23)16-6-2-1-3-7-16/h1-14H,15H2,(H,24,25). The van der Waals surface area contributed by atoms with Crippen LogP contribution in [0, 0.1) is 0 Å². The largest absolute Gasteiger partial charge is 0.378 e. The quantitative estimate of drug-likeness (QED) is 0.460. The molecule has 1 N–H and O–H groups in total. The monoisotopic (exact) mass is 411 g/mol. The summed E-state index contributed by atoms with van der Waals surface area (Å²) in [5, 5.41) is 4.49. The molecule has 0 aliphatic carbocycles. The van der Waals surface area contributed by atoms with Crippen molar-refractivity contribution in [3.05, 3.63) is 101 Å². The topological polar surface area (TPSA) is 72.7 Å². The van der Waals surface area contributed by atoms with Crippen LogP contribution in [0.3, 0.4) is 0 Å². The van der Waals surface area contributed by atoms with Gasteiger partial charge in [-0.2, -0.15) is 0 Å². The van der Waals surface area contributed by atoms with Crippen LogP contribution in [0.2, 0.25) is 0 Å². The molecule has 5 rings (SSSR count). The average molecular weight is 411 g/mol. The average Bonchev–Trinajstić information content (AvgIpc) is 3.29. The molecule has 3 aromatic heterocycles. The molecule has 5 aromatic rings. The second kappa shape index (κ2) is 7.88. The van der Waals surface area contributed by atoms with Crippen molar-refractivity contribution in [2.75, 3.05) is 5.32 Å². The van der Waals surface area contributed by atoms with Crippen LogP contribution in [0.15, 0.2) is 90.1 Å². The number of benzene rings is 2. The van der Waals surface area contributed by atoms with Gasteiger partial charge >= 0.3 is 0 Å². The van der Waals surface area contributed by atoms with Crippen molar-refractivity contribution in [1.82, 2.24) is 19.5 Å². The van der Waals surface area contributed by atoms with E-state index in [-0.39, 0.29) is 5.56 Å². The number of anilines is 1. The van der Waals surface area contributed by atoms with Crippen LogP contribution in [-0.4, -0.2) is 19.5 Å². The smallest absolute Gasteiger partial charge is 0.267 e. The minimum absolute atomic E-state index is 0.124. The molecule has 0 fully saturated rings. The lowest BCUT2D eigenvalue weighted by Gasteiger charge is -2.12. The Morgan fingerprint density at radius 2 is 1.70 bits per heavy atom. The minimum atomic E-state index is -0.124. The Kier molecular flexibility index (Phi) is 4.78. The highest BCUT2D eigenvalue weighted by Gasteiger charge is 2.16. The first-order valence-electron chi connectivity index (χ1n) is 9.46. The van der Waals surface area contributed by atoms with Crippen molar-refractivity contribution >= 4 is 27.9 Å². The van der Waals surface area contributed by atoms with E-state index in [0.29, 0.717) is 28.4 Å². The van der Waals surface area contributed by atoms with Crippen LogP contribution in [0.1, 0.15) is 5.82 Å². The molecule has 0 saturated heterocycles. The fourth-order valence-corrected chi connectivity index (χ4v) is 4.19. The second-order valence-electron chi connectivity index (χ2n) is 6.65. The fraction of sp³-hybridized carbons (Fsp3) is 0.0435. The second-order valence-corrected chi connectivity index (χ2v) is 7.66. The number of pyridine rings is 1. The number of rotatable bonds is 5. The third kappa shape index (κ3) is 3.46. The van der Waals surface area contributed by atoms with Crippen LogP contribution in [0.4, 0.5) is 5.69 Å². The maximum Gasteiger partial charge on any atom is 0.267 e. The highest BCUT2D eigenvalue weighted by atomic mass is 32.1. The van der Waals surface area contributed by atoms with E-state index in [9.17, 15) is 4.79 Å². The maximum absolute atomic E-state index is 13.4. The molecule has 6 nitrogen and oxygen atoms in total. The number of aromatic nitrogens is 4. The Balaban J connectivity index is 1.62. The summed E-state index contributed by atoms with van der Waals surface area (Å²) in [4.78, 5) is 27.7. The summed E-state index contributed by atoms with van der Waals surface area (Å²) in [6, 6.07) is 21.2. The molecule has 0 aliphatic rings. The molecule has 0 amide bonds. The van der Waals surface area contributed by atoms with Crippen LogP contribution >= 0.6 is 11.3 Å². The van der Waals surface area contributed by atoms with Gasteiger partial charge in [0.05, 0.1) is 22.3 Å². The molecular formula is C23H17N5OS. The Hall–Kier alpha value is -3.84. The molecule has 30 heavy (non-hydrogen) atoms. The summed E-state index contributed by atoms with van der Waals surface area (Å²) in [7, 11) is 0. The molecule has 3 heterocycles. The van der Waals surface area contributed by atoms with Crippen LogP contribution in [0.5, 0.6) is 0 Å². The number of fused-ring (bicyclic) bond motifs is 1. The predicted molar refractivity (Wildman–Crippen MR) is 120 cm³/mol. The van der Waals surface area contributed by atoms with E-state index in [2.05, 4.69) is 15.3 Å². The minimum Gasteiger partial charge on any atom is -0.378 e. The molecule has 0 unspecified atom stereocenters. The summed E-state index contributed by atoms with van der Waals surface area (Å²) in [6.07, 6.45) is 5.24. The van der Waals surface area contributed by atoms with E-state index >= 15 is 0 Å². The highest BCUT2D eigenvalue weighted by molar-refractivity contribution is 7.17. The SMILES string of the molecule is O=c1c2ccccc2nc(CNc2ccncc2)n1-c1ncc(-c2ccccc2)s1. The van der Waals surface area contributed by atoms with Crippen LogP contribution < -0.4 is 10.9 Å². The predicted octanol–water partition coefficient (Wildman–Crippen LogP) is 4.52. The van der Waals surface area contributed by atoms with Crippen molar-refractivity contribution < 1.29 is 0 Å². The van der Waals surface area contributed by atoms with Crippen LogP contribution in [0.25, 0.3) is 26.5 Å². The van der Waals surface area contributed by atoms with Gasteiger partial charge in [0.15, 0.2) is 5.13 Å². The summed E-state index contributed by atoms with van der Waals surface area (Å²) in [6.45, 7) is 0.379. The van der Waals surface area contributed by atoms with Crippen molar-refractivity contribution in [3.63, 3.8) is 0 Å². The normalized spacial score (nSPS) is 10.9. The van der Waals surface area contributed by atoms with E-state index in [1.54, 1.807) is 29.2 Å². The number of nitrogens with one attached hydrogen (secondary N) is 1. The zero-order valence-electron chi connectivity index (χ0n) is 15.9. The Bertz CT molecular complexity index is 1360. The van der Waals surface area contributed by atoms with E-state index in [0.717, 1.165) is 16.1 Å². The lowest BCUT2D eigenvalue weighted by molar-refractivity contribution is 0.832. The van der Waals surface area contributed by atoms with Gasteiger partial charge in [0.2, 0.25) is 0 Å². The van der Waals surface area contributed by atoms with Gasteiger partial charge in [-0.25, -0.2) is 14.5 Å². The molecule has 2 aromatic carbocycles. The summed E-state index contributed by atoms with van der Waals surface area (Å²) in [5.41, 5.74) is 2.52. The third-order valence-corrected chi connectivity index (χ3v) is 5.75. The van der Waals surface area contributed by atoms with Crippen LogP contribution in [-0.2, 0) is 6.54 Å². The summed E-state index contributed by atoms with van der Waals surface area (Å²) < 4.78 is 1.60. The third-order valence-electron chi connectivity index (χ3n) is 4.72. The summed E-state index contributed by atoms with van der Waals surface area (Å²) in [5.74, 6) is 0.601. The van der Waals surface area contributed by atoms with Crippen molar-refractivity contribution in [3.8, 4) is 15.6 Å². The number of nitrogens with zero attached hydrogens (tertiary/aromatic N) is 4. The van der Waals surface area contributed by atoms with Gasteiger partial charge in [-0.05, 0) is 29.8 Å². The van der Waals surface area contributed by atoms with E-state index < -0.39 is 0 Å². The van der Waals surface area contributed by atoms with Gasteiger partial charge in [0, 0.05) is 24.3 Å². The molecule has 0 saturated carbocycles. The van der Waals surface area contributed by atoms with Crippen molar-refractivity contribution in [2.24, 2.45) is 0 Å². The zero-order chi connectivity index (χ0) is 20.3. The molecule has 0 aliphatic heterocycles. The Morgan fingerprint density at radius 3 is 2.53 bits per heavy atom. The fourth-order valence-electron chi connectivity index (χ4n) is 3.25. The highest BCUT2D eigenvalue weighted by Crippen LogP contribution is 2.28. The first-order valence-corrected chi connectivity index (χ1v) is 10.3. The van der Waals surface area contributed by atoms with E-state index in [4.69, 9.17) is 4.98 Å². The number of hydrogen-bond donors (Lipinski definition) is 1. The molecular weight excluding hydrogens is 394 g/mol. The number of hydrogen-bond acceptors (Lipinski definition) is 6. The maximum atomic E-state index is 13.4. The summed E-state index contributed by atoms with van der Waals surface area (Å²) >= 11 is 1.47. The molecule has 0 bridgehead atoms. The van der Waals surface area contributed by atoms with Gasteiger partial charge in [-0.1, -0.05) is 53.8 Å². The zero-order valence-corrected chi connectivity index (χ0v) is 16.7. The van der Waals surface area contributed by atoms with Gasteiger partial charge in [-0.3, -0.25) is 9.78 Å². The Labute approximate surface area is 176 Å². The van der Waals surface area contributed by atoms with Gasteiger partial charge in [-0.15, -0.1) is 0 Å². The van der Waals surface area contributed by atoms with Gasteiger partial charge in [0.25, 0.3) is 5.56 Å². The first kappa shape index (κ1) is 18.2. The lowest BCUT2D eigenvalue weighted by Crippen LogP contribution is -2.25. The molecule has 0 radical (unpaired) electrons. The van der Waals surface area contributed by atoms with Crippen molar-refractivity contribution in [2.45, 2.75) is 6.54 Å². The lowest BCUT2D eigenvalue weighted by atomic mass is 10.2.